The maximum atomic E-state index is 11.6. The number of anilines is 2. The minimum Gasteiger partial charge on any atom is -0.439 e. The Kier molecular flexibility index (Phi) is 27.4. The number of H-pyrrole nitrogens is 5. The molecule has 0 saturated carbocycles. The minimum atomic E-state index is -0.0562. The Bertz CT molecular complexity index is 4810. The molecule has 0 radical (unpaired) electrons. The maximum absolute atomic E-state index is 11.6. The van der Waals surface area contributed by atoms with Crippen molar-refractivity contribution in [2.24, 2.45) is 0 Å². The number of allylic oxidation sites excluding steroid dienone is 1. The summed E-state index contributed by atoms with van der Waals surface area (Å²) < 4.78 is 5.49. The van der Waals surface area contributed by atoms with Gasteiger partial charge in [0.1, 0.15) is 0 Å². The Morgan fingerprint density at radius 1 is 0.433 bits per heavy atom. The van der Waals surface area contributed by atoms with Crippen LogP contribution in [0.2, 0.25) is 0 Å². The Balaban J connectivity index is 0.000000150. The summed E-state index contributed by atoms with van der Waals surface area (Å²) in [6.07, 6.45) is 9.75. The molecule has 8 heterocycles. The first kappa shape index (κ1) is 78.7. The fourth-order valence-corrected chi connectivity index (χ4v) is 13.2. The van der Waals surface area contributed by atoms with Crippen LogP contribution in [0.5, 0.6) is 5.75 Å². The third-order valence-corrected chi connectivity index (χ3v) is 18.4. The third-order valence-electron chi connectivity index (χ3n) is 18.4. The standard InChI is InChI=1S/C12H13NO.C12H15N.C11H12N2O.2C11H13NO.C11H13N.2C10H12N2.CH4/c1-8(2)10-5-3-4-9-6-7-13-12(14)11(9)10;1-8(2)10-5-4-6-12-11(10)7-9(3)13-12;1-7(2)8-4-3-5-9-10(8)11(14)13-6-12-9;1-7(2)9-5-4-6-10-11(9)13-8(3)12-10;1-7(2)9-5-3-4-8-6-12-11(13)10(8)9;1-8(2)9-4-3-5-11-10(9)6-7-12-11;1-7(2)8-4-3-5-10-9(8)6-11-12-10;1-7(2)8-4-3-5-9-10(8)12-6-11-9;/h3-8H,1-2H3,(H,13,14);4-6,8,13H,3,7H2,1-2H3;3-7H,1-2H3,(H,12,13,14);4-7,12H,3H2,1-2H3;3-5,7H,6H2,1-2H3,(H,12,13);3-8,12H,1-2H3;2*3-7H,1-2H3,(H,11,12);1H4. The van der Waals surface area contributed by atoms with Crippen molar-refractivity contribution in [1.29, 1.82) is 0 Å². The predicted molar refractivity (Wildman–Crippen MR) is 437 cm³/mol. The van der Waals surface area contributed by atoms with E-state index in [9.17, 15) is 14.4 Å². The molecule has 1 amide bonds. The monoisotopic (exact) mass is 1390 g/mol. The second-order valence-electron chi connectivity index (χ2n) is 28.7. The number of fused-ring (bicyclic) bond motifs is 8. The van der Waals surface area contributed by atoms with Crippen molar-refractivity contribution in [2.75, 3.05) is 10.6 Å². The molecule has 15 heteroatoms. The molecule has 3 aliphatic rings. The van der Waals surface area contributed by atoms with E-state index in [0.29, 0.717) is 65.2 Å². The first-order chi connectivity index (χ1) is 49.3. The molecule has 16 rings (SSSR count). The normalized spacial score (nSPS) is 12.2. The Morgan fingerprint density at radius 2 is 0.942 bits per heavy atom. The van der Waals surface area contributed by atoms with Crippen LogP contribution in [0.25, 0.3) is 54.5 Å². The van der Waals surface area contributed by atoms with Gasteiger partial charge in [-0.05, 0) is 163 Å². The number of aromatic amines is 5. The molecule has 8 N–H and O–H groups in total. The van der Waals surface area contributed by atoms with E-state index in [4.69, 9.17) is 4.74 Å². The smallest absolute Gasteiger partial charge is 0.258 e. The average molecular weight is 1390 g/mol. The first-order valence-corrected chi connectivity index (χ1v) is 36.0. The summed E-state index contributed by atoms with van der Waals surface area (Å²) >= 11 is 0. The van der Waals surface area contributed by atoms with Gasteiger partial charge in [0, 0.05) is 58.6 Å². The number of imidazole rings is 1. The molecule has 15 nitrogen and oxygen atoms in total. The molecule has 0 saturated heterocycles. The van der Waals surface area contributed by atoms with E-state index in [2.05, 4.69) is 253 Å². The average Bonchev–Trinajstić information content (AvgIpc) is 1.50. The second kappa shape index (κ2) is 36.2. The van der Waals surface area contributed by atoms with Gasteiger partial charge in [0.05, 0.1) is 57.4 Å². The highest BCUT2D eigenvalue weighted by Gasteiger charge is 2.24. The number of pyridine rings is 1. The lowest BCUT2D eigenvalue weighted by molar-refractivity contribution is 0.0964. The second-order valence-corrected chi connectivity index (χ2v) is 28.7. The van der Waals surface area contributed by atoms with Crippen molar-refractivity contribution in [3.8, 4) is 5.75 Å². The van der Waals surface area contributed by atoms with Crippen molar-refractivity contribution in [3.05, 3.63) is 296 Å². The third kappa shape index (κ3) is 19.2. The SMILES string of the molecule is C.C=C1Cc2c(cccc2C(C)C)N1.C=C1Nc2cccc(C(C)C)c2O1.CC(C)c1cccc2[nH]ccc12.CC(C)c1cccc2[nH]cnc12.CC(C)c1cccc2[nH]ncc12.CC(C)c1cccc2c1C(=O)NC2.CC(C)c1cccc2cc[nH]c(=O)c12.CC(C)c1cccc2nc[nH]c(=O)c12. The van der Waals surface area contributed by atoms with E-state index in [0.717, 1.165) is 84.2 Å². The molecule has 0 unspecified atom stereocenters. The number of hydrogen-bond acceptors (Lipinski definition) is 9. The lowest BCUT2D eigenvalue weighted by atomic mass is 9.95. The van der Waals surface area contributed by atoms with Crippen molar-refractivity contribution in [3.63, 3.8) is 0 Å². The molecule has 542 valence electrons. The quantitative estimate of drug-likeness (QED) is 0.0726. The number of aromatic nitrogens is 8. The molecule has 3 aliphatic heterocycles. The molecule has 0 spiro atoms. The highest BCUT2D eigenvalue weighted by molar-refractivity contribution is 6.00. The molecular weight excluding hydrogens is 1290 g/mol. The lowest BCUT2D eigenvalue weighted by Crippen LogP contribution is -2.14. The van der Waals surface area contributed by atoms with E-state index in [1.165, 1.54) is 61.7 Å². The molecule has 0 bridgehead atoms. The fraction of sp³-hybridized carbons (Fsp3) is 0.303. The summed E-state index contributed by atoms with van der Waals surface area (Å²) in [7, 11) is 0. The van der Waals surface area contributed by atoms with Gasteiger partial charge < -0.3 is 40.6 Å². The molecule has 0 fully saturated rings. The zero-order chi connectivity index (χ0) is 74.2. The van der Waals surface area contributed by atoms with Gasteiger partial charge in [0.2, 0.25) is 0 Å². The van der Waals surface area contributed by atoms with E-state index in [1.807, 2.05) is 97.3 Å². The van der Waals surface area contributed by atoms with Crippen LogP contribution in [0, 0.1) is 0 Å². The topological polar surface area (TPSA) is 214 Å². The van der Waals surface area contributed by atoms with Gasteiger partial charge >= 0.3 is 0 Å². The lowest BCUT2D eigenvalue weighted by Gasteiger charge is -2.10. The van der Waals surface area contributed by atoms with E-state index in [-0.39, 0.29) is 24.5 Å². The van der Waals surface area contributed by atoms with Crippen LogP contribution in [-0.2, 0) is 13.0 Å². The van der Waals surface area contributed by atoms with Crippen LogP contribution in [0.1, 0.15) is 232 Å². The fourth-order valence-electron chi connectivity index (χ4n) is 13.2. The number of carbonyl (C=O) groups is 1. The molecule has 8 aromatic carbocycles. The van der Waals surface area contributed by atoms with Crippen LogP contribution in [0.4, 0.5) is 11.4 Å². The molecule has 0 atom stereocenters. The number of nitrogens with one attached hydrogen (secondary N) is 8. The number of rotatable bonds is 8. The first-order valence-electron chi connectivity index (χ1n) is 36.0. The highest BCUT2D eigenvalue weighted by atomic mass is 16.5. The number of benzene rings is 8. The van der Waals surface area contributed by atoms with Gasteiger partial charge in [-0.2, -0.15) is 5.10 Å². The zero-order valence-electron chi connectivity index (χ0n) is 62.8. The summed E-state index contributed by atoms with van der Waals surface area (Å²) in [5, 5.41) is 21.3. The molecule has 5 aromatic heterocycles. The van der Waals surface area contributed by atoms with Crippen molar-refractivity contribution in [1.82, 2.24) is 45.4 Å². The summed E-state index contributed by atoms with van der Waals surface area (Å²) in [4.78, 5) is 54.8. The summed E-state index contributed by atoms with van der Waals surface area (Å²) in [5.41, 5.74) is 22.3. The van der Waals surface area contributed by atoms with Crippen LogP contribution in [-0.4, -0.2) is 46.0 Å². The van der Waals surface area contributed by atoms with Crippen LogP contribution >= 0.6 is 0 Å². The van der Waals surface area contributed by atoms with E-state index >= 15 is 0 Å². The predicted octanol–water partition coefficient (Wildman–Crippen LogP) is 22.4. The number of amides is 1. The summed E-state index contributed by atoms with van der Waals surface area (Å²) in [5.74, 6) is 5.54. The van der Waals surface area contributed by atoms with Gasteiger partial charge in [-0.15, -0.1) is 0 Å². The number of ether oxygens (including phenoxy) is 1. The Labute approximate surface area is 614 Å². The van der Waals surface area contributed by atoms with Gasteiger partial charge in [-0.3, -0.25) is 19.5 Å². The summed E-state index contributed by atoms with van der Waals surface area (Å²) in [6.45, 7) is 42.9. The number of nitrogens with zero attached hydrogens (tertiary/aromatic N) is 3. The van der Waals surface area contributed by atoms with Gasteiger partial charge in [0.15, 0.2) is 11.6 Å². The van der Waals surface area contributed by atoms with Crippen molar-refractivity contribution in [2.45, 2.75) is 179 Å². The molecule has 104 heavy (non-hydrogen) atoms. The Morgan fingerprint density at radius 3 is 1.61 bits per heavy atom. The van der Waals surface area contributed by atoms with E-state index in [1.54, 1.807) is 12.5 Å². The van der Waals surface area contributed by atoms with Crippen LogP contribution < -0.4 is 31.8 Å². The largest absolute Gasteiger partial charge is 0.439 e. The maximum Gasteiger partial charge on any atom is 0.258 e. The van der Waals surface area contributed by atoms with Crippen LogP contribution in [0.3, 0.4) is 0 Å². The van der Waals surface area contributed by atoms with Crippen molar-refractivity contribution >= 4 is 71.8 Å². The molecule has 0 aliphatic carbocycles. The number of carbonyl (C=O) groups excluding carboxylic acids is 1. The highest BCUT2D eigenvalue weighted by Crippen LogP contribution is 2.40. The van der Waals surface area contributed by atoms with Gasteiger partial charge in [0.25, 0.3) is 17.0 Å². The number of hydrogen-bond donors (Lipinski definition) is 8. The molecule has 13 aromatic rings. The van der Waals surface area contributed by atoms with E-state index < -0.39 is 0 Å². The summed E-state index contributed by atoms with van der Waals surface area (Å²) in [6, 6.07) is 53.4. The number of para-hydroxylation sites is 2. The minimum absolute atomic E-state index is 0. The zero-order valence-corrected chi connectivity index (χ0v) is 62.8. The Hall–Kier alpha value is -11.1. The van der Waals surface area contributed by atoms with Gasteiger partial charge in [-0.1, -0.05) is 234 Å². The van der Waals surface area contributed by atoms with Gasteiger partial charge in [-0.25, -0.2) is 9.97 Å². The van der Waals surface area contributed by atoms with Crippen LogP contribution in [0.15, 0.2) is 223 Å². The molecular formula is C89H107N11O4. The van der Waals surface area contributed by atoms with Crippen molar-refractivity contribution < 1.29 is 9.53 Å².